The molecule has 0 aromatic heterocycles. The zero-order chi connectivity index (χ0) is 15.1. The van der Waals surface area contributed by atoms with Gasteiger partial charge in [-0.2, -0.15) is 0 Å². The maximum atomic E-state index is 12.1. The molecule has 0 radical (unpaired) electrons. The predicted molar refractivity (Wildman–Crippen MR) is 86.7 cm³/mol. The van der Waals surface area contributed by atoms with E-state index in [9.17, 15) is 4.79 Å². The van der Waals surface area contributed by atoms with Gasteiger partial charge in [0.15, 0.2) is 0 Å². The van der Waals surface area contributed by atoms with E-state index in [2.05, 4.69) is 5.32 Å². The summed E-state index contributed by atoms with van der Waals surface area (Å²) in [4.78, 5) is 12.1. The maximum absolute atomic E-state index is 12.1. The predicted octanol–water partition coefficient (Wildman–Crippen LogP) is 3.68. The first-order valence-electron chi connectivity index (χ1n) is 8.27. The van der Waals surface area contributed by atoms with Gasteiger partial charge in [0.1, 0.15) is 0 Å². The average Bonchev–Trinajstić information content (AvgIpc) is 2.54. The van der Waals surface area contributed by atoms with Gasteiger partial charge in [-0.1, -0.05) is 56.4 Å². The minimum atomic E-state index is 0.0654. The van der Waals surface area contributed by atoms with Gasteiger partial charge in [0.05, 0.1) is 6.04 Å². The van der Waals surface area contributed by atoms with Crippen molar-refractivity contribution < 1.29 is 4.79 Å². The standard InChI is InChI=1S/C18H28N2O/c1-14(17-10-7-16(13-19)8-11-17)20-18(21)12-9-15-5-3-2-4-6-15/h7-8,10-11,14-15H,2-6,9,12-13,19H2,1H3,(H,20,21). The summed E-state index contributed by atoms with van der Waals surface area (Å²) in [5, 5.41) is 3.10. The molecule has 0 heterocycles. The van der Waals surface area contributed by atoms with Crippen LogP contribution in [0, 0.1) is 5.92 Å². The van der Waals surface area contributed by atoms with Crippen LogP contribution in [0.15, 0.2) is 24.3 Å². The molecule has 116 valence electrons. The van der Waals surface area contributed by atoms with Gasteiger partial charge in [0.2, 0.25) is 5.91 Å². The van der Waals surface area contributed by atoms with Crippen LogP contribution in [0.2, 0.25) is 0 Å². The number of benzene rings is 1. The van der Waals surface area contributed by atoms with Gasteiger partial charge in [0.25, 0.3) is 0 Å². The molecule has 3 N–H and O–H groups in total. The Balaban J connectivity index is 1.75. The highest BCUT2D eigenvalue weighted by molar-refractivity contribution is 5.76. The molecule has 1 unspecified atom stereocenters. The second kappa shape index (κ2) is 8.18. The van der Waals surface area contributed by atoms with Crippen LogP contribution in [-0.4, -0.2) is 5.91 Å². The lowest BCUT2D eigenvalue weighted by Gasteiger charge is -2.21. The summed E-state index contributed by atoms with van der Waals surface area (Å²) in [6.07, 6.45) is 8.39. The SMILES string of the molecule is CC(NC(=O)CCC1CCCCC1)c1ccc(CN)cc1. The van der Waals surface area contributed by atoms with Gasteiger partial charge in [0, 0.05) is 13.0 Å². The van der Waals surface area contributed by atoms with Crippen molar-refractivity contribution in [3.05, 3.63) is 35.4 Å². The van der Waals surface area contributed by atoms with Crippen LogP contribution in [0.5, 0.6) is 0 Å². The Hall–Kier alpha value is -1.35. The van der Waals surface area contributed by atoms with E-state index in [0.29, 0.717) is 13.0 Å². The molecule has 1 atom stereocenters. The number of rotatable bonds is 6. The Morgan fingerprint density at radius 1 is 1.24 bits per heavy atom. The van der Waals surface area contributed by atoms with Crippen molar-refractivity contribution >= 4 is 5.91 Å². The van der Waals surface area contributed by atoms with Crippen LogP contribution in [0.1, 0.15) is 69.0 Å². The maximum Gasteiger partial charge on any atom is 0.220 e. The number of nitrogens with one attached hydrogen (secondary N) is 1. The third-order valence-electron chi connectivity index (χ3n) is 4.60. The molecule has 2 rings (SSSR count). The monoisotopic (exact) mass is 288 g/mol. The minimum absolute atomic E-state index is 0.0654. The van der Waals surface area contributed by atoms with Crippen molar-refractivity contribution in [2.75, 3.05) is 0 Å². The number of carbonyl (C=O) groups is 1. The summed E-state index contributed by atoms with van der Waals surface area (Å²) in [5.41, 5.74) is 7.85. The van der Waals surface area contributed by atoms with Gasteiger partial charge < -0.3 is 11.1 Å². The van der Waals surface area contributed by atoms with Crippen molar-refractivity contribution in [3.63, 3.8) is 0 Å². The number of nitrogens with two attached hydrogens (primary N) is 1. The first-order chi connectivity index (χ1) is 10.2. The summed E-state index contributed by atoms with van der Waals surface area (Å²) in [6.45, 7) is 2.60. The van der Waals surface area contributed by atoms with E-state index in [1.807, 2.05) is 31.2 Å². The number of hydrogen-bond acceptors (Lipinski definition) is 2. The van der Waals surface area contributed by atoms with E-state index in [4.69, 9.17) is 5.73 Å². The molecular weight excluding hydrogens is 260 g/mol. The highest BCUT2D eigenvalue weighted by Crippen LogP contribution is 2.27. The molecule has 1 fully saturated rings. The van der Waals surface area contributed by atoms with Crippen molar-refractivity contribution in [2.24, 2.45) is 11.7 Å². The number of amides is 1. The Labute approximate surface area is 128 Å². The zero-order valence-electron chi connectivity index (χ0n) is 13.1. The lowest BCUT2D eigenvalue weighted by molar-refractivity contribution is -0.122. The Bertz CT molecular complexity index is 435. The minimum Gasteiger partial charge on any atom is -0.350 e. The van der Waals surface area contributed by atoms with Gasteiger partial charge >= 0.3 is 0 Å². The fourth-order valence-electron chi connectivity index (χ4n) is 3.15. The molecule has 1 aliphatic rings. The fourth-order valence-corrected chi connectivity index (χ4v) is 3.15. The van der Waals surface area contributed by atoms with Crippen LogP contribution in [-0.2, 0) is 11.3 Å². The Kier molecular flexibility index (Phi) is 6.24. The molecule has 3 nitrogen and oxygen atoms in total. The lowest BCUT2D eigenvalue weighted by atomic mass is 9.86. The van der Waals surface area contributed by atoms with E-state index in [1.165, 1.54) is 32.1 Å². The molecule has 1 aliphatic carbocycles. The Morgan fingerprint density at radius 3 is 2.52 bits per heavy atom. The van der Waals surface area contributed by atoms with Gasteiger partial charge in [-0.3, -0.25) is 4.79 Å². The molecule has 1 saturated carbocycles. The fraction of sp³-hybridized carbons (Fsp3) is 0.611. The highest BCUT2D eigenvalue weighted by atomic mass is 16.1. The first-order valence-corrected chi connectivity index (χ1v) is 8.27. The van der Waals surface area contributed by atoms with Crippen molar-refractivity contribution in [3.8, 4) is 0 Å². The molecule has 21 heavy (non-hydrogen) atoms. The van der Waals surface area contributed by atoms with Crippen LogP contribution < -0.4 is 11.1 Å². The second-order valence-corrected chi connectivity index (χ2v) is 6.28. The molecule has 1 aromatic carbocycles. The largest absolute Gasteiger partial charge is 0.350 e. The quantitative estimate of drug-likeness (QED) is 0.839. The van der Waals surface area contributed by atoms with E-state index >= 15 is 0 Å². The molecular formula is C18H28N2O. The van der Waals surface area contributed by atoms with Crippen LogP contribution >= 0.6 is 0 Å². The van der Waals surface area contributed by atoms with E-state index in [-0.39, 0.29) is 11.9 Å². The highest BCUT2D eigenvalue weighted by Gasteiger charge is 2.16. The Morgan fingerprint density at radius 2 is 1.90 bits per heavy atom. The third kappa shape index (κ3) is 5.16. The smallest absolute Gasteiger partial charge is 0.220 e. The zero-order valence-corrected chi connectivity index (χ0v) is 13.1. The summed E-state index contributed by atoms with van der Waals surface area (Å²) in [7, 11) is 0. The summed E-state index contributed by atoms with van der Waals surface area (Å²) >= 11 is 0. The van der Waals surface area contributed by atoms with Crippen LogP contribution in [0.3, 0.4) is 0 Å². The molecule has 0 bridgehead atoms. The summed E-state index contributed by atoms with van der Waals surface area (Å²) in [6, 6.07) is 8.22. The third-order valence-corrected chi connectivity index (χ3v) is 4.60. The summed E-state index contributed by atoms with van der Waals surface area (Å²) in [5.74, 6) is 0.944. The topological polar surface area (TPSA) is 55.1 Å². The summed E-state index contributed by atoms with van der Waals surface area (Å²) < 4.78 is 0. The van der Waals surface area contributed by atoms with Gasteiger partial charge in [-0.15, -0.1) is 0 Å². The molecule has 3 heteroatoms. The van der Waals surface area contributed by atoms with E-state index < -0.39 is 0 Å². The molecule has 0 aliphatic heterocycles. The molecule has 1 aromatic rings. The molecule has 0 saturated heterocycles. The first kappa shape index (κ1) is 16.0. The van der Waals surface area contributed by atoms with Crippen molar-refractivity contribution in [2.45, 2.75) is 64.5 Å². The van der Waals surface area contributed by atoms with E-state index in [1.54, 1.807) is 0 Å². The van der Waals surface area contributed by atoms with Crippen LogP contribution in [0.25, 0.3) is 0 Å². The van der Waals surface area contributed by atoms with Crippen LogP contribution in [0.4, 0.5) is 0 Å². The van der Waals surface area contributed by atoms with Gasteiger partial charge in [-0.05, 0) is 30.4 Å². The van der Waals surface area contributed by atoms with Crippen molar-refractivity contribution in [1.82, 2.24) is 5.32 Å². The molecule has 0 spiro atoms. The normalized spacial score (nSPS) is 17.4. The van der Waals surface area contributed by atoms with E-state index in [0.717, 1.165) is 23.5 Å². The number of hydrogen-bond donors (Lipinski definition) is 2. The van der Waals surface area contributed by atoms with Crippen molar-refractivity contribution in [1.29, 1.82) is 0 Å². The number of carbonyl (C=O) groups excluding carboxylic acids is 1. The lowest BCUT2D eigenvalue weighted by Crippen LogP contribution is -2.27. The van der Waals surface area contributed by atoms with Gasteiger partial charge in [-0.25, -0.2) is 0 Å². The molecule has 1 amide bonds. The second-order valence-electron chi connectivity index (χ2n) is 6.28. The average molecular weight is 288 g/mol.